The smallest absolute Gasteiger partial charge is 0.248 e. The molecule has 1 N–H and O–H groups in total. The zero-order valence-corrected chi connectivity index (χ0v) is 14.0. The van der Waals surface area contributed by atoms with Gasteiger partial charge >= 0.3 is 0 Å². The number of pyridine rings is 1. The van der Waals surface area contributed by atoms with Gasteiger partial charge in [-0.05, 0) is 50.5 Å². The van der Waals surface area contributed by atoms with E-state index in [1.807, 2.05) is 43.3 Å². The van der Waals surface area contributed by atoms with E-state index in [2.05, 4.69) is 10.3 Å². The molecule has 1 aliphatic heterocycles. The van der Waals surface area contributed by atoms with Gasteiger partial charge < -0.3 is 5.32 Å². The summed E-state index contributed by atoms with van der Waals surface area (Å²) in [6, 6.07) is 12.7. The molecule has 1 aromatic carbocycles. The Labute approximate surface area is 141 Å². The van der Waals surface area contributed by atoms with Crippen LogP contribution in [0.3, 0.4) is 0 Å². The van der Waals surface area contributed by atoms with Crippen LogP contribution in [-0.2, 0) is 16.0 Å². The average molecular weight is 323 g/mol. The largest absolute Gasteiger partial charge is 0.309 e. The Bertz CT molecular complexity index is 773. The second-order valence-electron chi connectivity index (χ2n) is 6.08. The van der Waals surface area contributed by atoms with E-state index in [1.54, 1.807) is 17.9 Å². The van der Waals surface area contributed by atoms with Crippen molar-refractivity contribution < 1.29 is 9.59 Å². The van der Waals surface area contributed by atoms with Crippen LogP contribution in [0.15, 0.2) is 42.5 Å². The van der Waals surface area contributed by atoms with E-state index in [0.717, 1.165) is 29.8 Å². The van der Waals surface area contributed by atoms with Gasteiger partial charge in [0.25, 0.3) is 0 Å². The molecule has 2 heterocycles. The molecule has 0 fully saturated rings. The first-order chi connectivity index (χ1) is 11.6. The molecule has 0 radical (unpaired) electrons. The summed E-state index contributed by atoms with van der Waals surface area (Å²) in [6.45, 7) is 3.62. The van der Waals surface area contributed by atoms with E-state index >= 15 is 0 Å². The van der Waals surface area contributed by atoms with Crippen LogP contribution in [0.1, 0.15) is 31.0 Å². The van der Waals surface area contributed by atoms with Crippen molar-refractivity contribution in [2.24, 2.45) is 0 Å². The molecule has 1 aromatic heterocycles. The van der Waals surface area contributed by atoms with Crippen molar-refractivity contribution in [3.8, 4) is 0 Å². The highest BCUT2D eigenvalue weighted by Gasteiger charge is 2.30. The van der Waals surface area contributed by atoms with E-state index in [0.29, 0.717) is 12.2 Å². The van der Waals surface area contributed by atoms with Gasteiger partial charge in [-0.3, -0.25) is 14.5 Å². The Kier molecular flexibility index (Phi) is 4.60. The van der Waals surface area contributed by atoms with E-state index < -0.39 is 6.04 Å². The molecule has 2 aromatic rings. The summed E-state index contributed by atoms with van der Waals surface area (Å²) < 4.78 is 0. The van der Waals surface area contributed by atoms with Crippen molar-refractivity contribution in [2.75, 3.05) is 10.2 Å². The maximum atomic E-state index is 12.6. The van der Waals surface area contributed by atoms with E-state index in [1.165, 1.54) is 0 Å². The quantitative estimate of drug-likeness (QED) is 0.944. The number of para-hydroxylation sites is 1. The van der Waals surface area contributed by atoms with Gasteiger partial charge in [0, 0.05) is 17.8 Å². The number of fused-ring (bicyclic) bond motifs is 1. The maximum absolute atomic E-state index is 12.6. The van der Waals surface area contributed by atoms with Crippen molar-refractivity contribution in [2.45, 2.75) is 39.2 Å². The molecule has 24 heavy (non-hydrogen) atoms. The minimum absolute atomic E-state index is 0.0141. The minimum atomic E-state index is -0.598. The van der Waals surface area contributed by atoms with Gasteiger partial charge in [0.2, 0.25) is 11.8 Å². The number of benzene rings is 1. The van der Waals surface area contributed by atoms with Gasteiger partial charge in [0.1, 0.15) is 11.9 Å². The summed E-state index contributed by atoms with van der Waals surface area (Å²) >= 11 is 0. The first-order valence-electron chi connectivity index (χ1n) is 8.21. The number of carbonyl (C=O) groups is 2. The lowest BCUT2D eigenvalue weighted by molar-refractivity contribution is -0.123. The van der Waals surface area contributed by atoms with E-state index in [4.69, 9.17) is 0 Å². The molecule has 3 rings (SSSR count). The maximum Gasteiger partial charge on any atom is 0.248 e. The number of amides is 2. The first kappa shape index (κ1) is 16.2. The van der Waals surface area contributed by atoms with Gasteiger partial charge in [0.05, 0.1) is 0 Å². The number of anilines is 2. The molecule has 0 saturated heterocycles. The van der Waals surface area contributed by atoms with Crippen LogP contribution in [-0.4, -0.2) is 22.8 Å². The van der Waals surface area contributed by atoms with Gasteiger partial charge in [-0.1, -0.05) is 24.3 Å². The Morgan fingerprint density at radius 2 is 1.96 bits per heavy atom. The standard InChI is InChI=1S/C19H21N3O2/c1-13-7-5-11-17(20-13)21-19(24)14(2)22-16-10-4-3-8-15(16)9-6-12-18(22)23/h3-5,7-8,10-11,14H,6,9,12H2,1-2H3,(H,20,21,24)/t14-/m0/s1. The first-order valence-corrected chi connectivity index (χ1v) is 8.21. The molecule has 5 heteroatoms. The van der Waals surface area contributed by atoms with Gasteiger partial charge in [-0.15, -0.1) is 0 Å². The predicted octanol–water partition coefficient (Wildman–Crippen LogP) is 3.09. The summed E-state index contributed by atoms with van der Waals surface area (Å²) in [5.74, 6) is 0.250. The summed E-state index contributed by atoms with van der Waals surface area (Å²) in [4.78, 5) is 31.1. The summed E-state index contributed by atoms with van der Waals surface area (Å²) in [7, 11) is 0. The van der Waals surface area contributed by atoms with Crippen molar-refractivity contribution in [3.63, 3.8) is 0 Å². The van der Waals surface area contributed by atoms with Crippen molar-refractivity contribution in [1.82, 2.24) is 4.98 Å². The molecule has 5 nitrogen and oxygen atoms in total. The second-order valence-corrected chi connectivity index (χ2v) is 6.08. The second kappa shape index (κ2) is 6.83. The third-order valence-corrected chi connectivity index (χ3v) is 4.26. The van der Waals surface area contributed by atoms with Gasteiger partial charge in [0.15, 0.2) is 0 Å². The SMILES string of the molecule is Cc1cccc(NC(=O)[C@H](C)N2C(=O)CCCc3ccccc32)n1. The molecule has 0 aliphatic carbocycles. The van der Waals surface area contributed by atoms with Crippen molar-refractivity contribution in [1.29, 1.82) is 0 Å². The van der Waals surface area contributed by atoms with Crippen LogP contribution in [0.5, 0.6) is 0 Å². The van der Waals surface area contributed by atoms with Crippen LogP contribution in [0.2, 0.25) is 0 Å². The third kappa shape index (κ3) is 3.30. The van der Waals surface area contributed by atoms with Crippen LogP contribution in [0.25, 0.3) is 0 Å². The van der Waals surface area contributed by atoms with E-state index in [-0.39, 0.29) is 11.8 Å². The van der Waals surface area contributed by atoms with Crippen LogP contribution in [0, 0.1) is 6.92 Å². The van der Waals surface area contributed by atoms with Gasteiger partial charge in [-0.25, -0.2) is 4.98 Å². The number of aromatic nitrogens is 1. The molecule has 0 bridgehead atoms. The van der Waals surface area contributed by atoms with Crippen molar-refractivity contribution >= 4 is 23.3 Å². The topological polar surface area (TPSA) is 62.3 Å². The normalized spacial score (nSPS) is 15.4. The number of carbonyl (C=O) groups excluding carboxylic acids is 2. The molecule has 2 amide bonds. The number of hydrogen-bond donors (Lipinski definition) is 1. The predicted molar refractivity (Wildman–Crippen MR) is 93.9 cm³/mol. The monoisotopic (exact) mass is 323 g/mol. The van der Waals surface area contributed by atoms with Crippen LogP contribution in [0.4, 0.5) is 11.5 Å². The highest BCUT2D eigenvalue weighted by Crippen LogP contribution is 2.28. The molecule has 1 atom stereocenters. The summed E-state index contributed by atoms with van der Waals surface area (Å²) in [6.07, 6.45) is 2.11. The molecule has 124 valence electrons. The number of aryl methyl sites for hydroxylation is 2. The lowest BCUT2D eigenvalue weighted by atomic mass is 10.1. The Morgan fingerprint density at radius 1 is 1.17 bits per heavy atom. The van der Waals surface area contributed by atoms with Gasteiger partial charge in [-0.2, -0.15) is 0 Å². The lowest BCUT2D eigenvalue weighted by Gasteiger charge is -2.28. The number of nitrogens with one attached hydrogen (secondary N) is 1. The third-order valence-electron chi connectivity index (χ3n) is 4.26. The zero-order chi connectivity index (χ0) is 17.1. The molecule has 0 unspecified atom stereocenters. The number of rotatable bonds is 3. The molecule has 0 spiro atoms. The highest BCUT2D eigenvalue weighted by molar-refractivity contribution is 6.05. The zero-order valence-electron chi connectivity index (χ0n) is 14.0. The Balaban J connectivity index is 1.86. The average Bonchev–Trinajstić information content (AvgIpc) is 2.72. The Morgan fingerprint density at radius 3 is 2.75 bits per heavy atom. The molecular weight excluding hydrogens is 302 g/mol. The minimum Gasteiger partial charge on any atom is -0.309 e. The fourth-order valence-corrected chi connectivity index (χ4v) is 3.03. The molecule has 0 saturated carbocycles. The fraction of sp³-hybridized carbons (Fsp3) is 0.316. The summed E-state index contributed by atoms with van der Waals surface area (Å²) in [5.41, 5.74) is 2.77. The van der Waals surface area contributed by atoms with Crippen LogP contribution < -0.4 is 10.2 Å². The van der Waals surface area contributed by atoms with Crippen molar-refractivity contribution in [3.05, 3.63) is 53.7 Å². The lowest BCUT2D eigenvalue weighted by Crippen LogP contribution is -2.45. The van der Waals surface area contributed by atoms with E-state index in [9.17, 15) is 9.59 Å². The number of hydrogen-bond acceptors (Lipinski definition) is 3. The Hall–Kier alpha value is -2.69. The summed E-state index contributed by atoms with van der Waals surface area (Å²) in [5, 5.41) is 2.81. The molecular formula is C19H21N3O2. The fourth-order valence-electron chi connectivity index (χ4n) is 3.03. The molecule has 1 aliphatic rings. The highest BCUT2D eigenvalue weighted by atomic mass is 16.2. The van der Waals surface area contributed by atoms with Crippen LogP contribution >= 0.6 is 0 Å². The number of nitrogens with zero attached hydrogens (tertiary/aromatic N) is 2.